The van der Waals surface area contributed by atoms with E-state index in [1.54, 1.807) is 0 Å². The number of amides is 1. The fraction of sp³-hybridized carbons (Fsp3) is 0.278. The maximum atomic E-state index is 15.0. The Bertz CT molecular complexity index is 1170. The van der Waals surface area contributed by atoms with Gasteiger partial charge in [0.2, 0.25) is 0 Å². The van der Waals surface area contributed by atoms with Gasteiger partial charge >= 0.3 is 5.92 Å². The van der Waals surface area contributed by atoms with E-state index in [1.807, 2.05) is 0 Å². The highest BCUT2D eigenvalue weighted by Crippen LogP contribution is 2.51. The van der Waals surface area contributed by atoms with Gasteiger partial charge in [-0.05, 0) is 36.8 Å². The number of carbonyl (C=O) groups excluding carboxylic acids is 1. The normalized spacial score (nSPS) is 23.8. The molecule has 0 fully saturated rings. The lowest BCUT2D eigenvalue weighted by atomic mass is 9.80. The summed E-state index contributed by atoms with van der Waals surface area (Å²) >= 11 is 5.75. The van der Waals surface area contributed by atoms with Gasteiger partial charge in [-0.25, -0.2) is 18.4 Å². The van der Waals surface area contributed by atoms with Gasteiger partial charge in [-0.2, -0.15) is 8.78 Å². The molecule has 1 atom stereocenters. The van der Waals surface area contributed by atoms with Crippen molar-refractivity contribution in [1.29, 1.82) is 0 Å². The number of sulfone groups is 1. The van der Waals surface area contributed by atoms with Crippen molar-refractivity contribution in [2.24, 2.45) is 10.7 Å². The van der Waals surface area contributed by atoms with Gasteiger partial charge in [0.05, 0.1) is 15.7 Å². The van der Waals surface area contributed by atoms with Crippen LogP contribution in [-0.2, 0) is 20.1 Å². The Kier molecular flexibility index (Phi) is 4.70. The third-order valence-electron chi connectivity index (χ3n) is 5.02. The van der Waals surface area contributed by atoms with Crippen LogP contribution in [-0.4, -0.2) is 43.6 Å². The minimum absolute atomic E-state index is 0.0399. The number of rotatable bonds is 2. The van der Waals surface area contributed by atoms with Gasteiger partial charge in [0.25, 0.3) is 11.9 Å². The molecule has 158 valence electrons. The summed E-state index contributed by atoms with van der Waals surface area (Å²) < 4.78 is 59.6. The maximum absolute atomic E-state index is 15.0. The van der Waals surface area contributed by atoms with Gasteiger partial charge in [-0.3, -0.25) is 4.79 Å². The number of ether oxygens (including phenoxy) is 1. The molecule has 0 aliphatic carbocycles. The standard InChI is InChI=1S/C18H15ClF2N4O4S/c19-10-1-3-13(23-8-10)15(26)24-11-2-4-14-12(7-11)17(5-6-30(14,27)28)18(20,21)9-29-16(22)25-17/h1-4,7-8H,5-6,9H2,(H2,22,25)(H,24,26)/t17-/m1/s1. The van der Waals surface area contributed by atoms with E-state index in [4.69, 9.17) is 17.3 Å². The van der Waals surface area contributed by atoms with Gasteiger partial charge in [0.15, 0.2) is 22.0 Å². The Morgan fingerprint density at radius 2 is 2.03 bits per heavy atom. The van der Waals surface area contributed by atoms with E-state index >= 15 is 0 Å². The summed E-state index contributed by atoms with van der Waals surface area (Å²) in [5.74, 6) is -4.66. The number of hydrogen-bond donors (Lipinski definition) is 2. The molecule has 0 radical (unpaired) electrons. The highest BCUT2D eigenvalue weighted by atomic mass is 35.5. The maximum Gasteiger partial charge on any atom is 0.310 e. The zero-order valence-corrected chi connectivity index (χ0v) is 16.8. The highest BCUT2D eigenvalue weighted by Gasteiger charge is 2.61. The molecule has 2 aliphatic heterocycles. The molecule has 2 aliphatic rings. The van der Waals surface area contributed by atoms with Crippen molar-refractivity contribution in [3.05, 3.63) is 52.8 Å². The number of halogens is 3. The van der Waals surface area contributed by atoms with Crippen molar-refractivity contribution >= 4 is 39.1 Å². The number of aromatic nitrogens is 1. The lowest BCUT2D eigenvalue weighted by Crippen LogP contribution is -2.55. The van der Waals surface area contributed by atoms with Crippen LogP contribution in [0, 0.1) is 0 Å². The minimum atomic E-state index is -3.81. The number of nitrogens with one attached hydrogen (secondary N) is 1. The molecule has 3 N–H and O–H groups in total. The number of nitrogens with two attached hydrogens (primary N) is 1. The average Bonchev–Trinajstić information content (AvgIpc) is 2.68. The fourth-order valence-electron chi connectivity index (χ4n) is 3.52. The summed E-state index contributed by atoms with van der Waals surface area (Å²) in [5.41, 5.74) is 3.23. The van der Waals surface area contributed by atoms with Gasteiger partial charge in [0.1, 0.15) is 5.69 Å². The van der Waals surface area contributed by atoms with E-state index in [9.17, 15) is 22.0 Å². The molecule has 4 rings (SSSR count). The molecular weight excluding hydrogens is 442 g/mol. The Hall–Kier alpha value is -2.79. The largest absolute Gasteiger partial charge is 0.459 e. The molecule has 1 aromatic heterocycles. The van der Waals surface area contributed by atoms with E-state index in [2.05, 4.69) is 20.0 Å². The third kappa shape index (κ3) is 3.27. The molecule has 30 heavy (non-hydrogen) atoms. The van der Waals surface area contributed by atoms with E-state index in [0.29, 0.717) is 5.02 Å². The number of hydrogen-bond acceptors (Lipinski definition) is 7. The first-order valence-corrected chi connectivity index (χ1v) is 10.7. The Morgan fingerprint density at radius 3 is 2.73 bits per heavy atom. The zero-order valence-electron chi connectivity index (χ0n) is 15.2. The number of amidine groups is 1. The Balaban J connectivity index is 1.81. The van der Waals surface area contributed by atoms with Gasteiger partial charge < -0.3 is 15.8 Å². The molecule has 0 unspecified atom stereocenters. The second-order valence-corrected chi connectivity index (χ2v) is 9.41. The summed E-state index contributed by atoms with van der Waals surface area (Å²) in [6.07, 6.45) is 0.806. The van der Waals surface area contributed by atoms with Crippen molar-refractivity contribution < 1.29 is 26.7 Å². The summed E-state index contributed by atoms with van der Waals surface area (Å²) in [4.78, 5) is 19.9. The van der Waals surface area contributed by atoms with Crippen LogP contribution in [0.25, 0.3) is 0 Å². The van der Waals surface area contributed by atoms with E-state index in [1.165, 1.54) is 36.5 Å². The van der Waals surface area contributed by atoms with Crippen LogP contribution in [0.4, 0.5) is 14.5 Å². The lowest BCUT2D eigenvalue weighted by molar-refractivity contribution is -0.125. The Labute approximate surface area is 175 Å². The van der Waals surface area contributed by atoms with Crippen molar-refractivity contribution in [2.75, 3.05) is 17.7 Å². The summed E-state index contributed by atoms with van der Waals surface area (Å²) in [5, 5.41) is 2.86. The Morgan fingerprint density at radius 1 is 1.27 bits per heavy atom. The van der Waals surface area contributed by atoms with E-state index in [-0.39, 0.29) is 21.8 Å². The third-order valence-corrected chi connectivity index (χ3v) is 7.01. The minimum Gasteiger partial charge on any atom is -0.459 e. The highest BCUT2D eigenvalue weighted by molar-refractivity contribution is 7.91. The molecule has 0 saturated heterocycles. The van der Waals surface area contributed by atoms with Crippen LogP contribution >= 0.6 is 11.6 Å². The van der Waals surface area contributed by atoms with E-state index < -0.39 is 52.0 Å². The number of alkyl halides is 2. The van der Waals surface area contributed by atoms with Crippen molar-refractivity contribution in [3.8, 4) is 0 Å². The molecule has 8 nitrogen and oxygen atoms in total. The molecule has 1 aromatic carbocycles. The monoisotopic (exact) mass is 456 g/mol. The van der Waals surface area contributed by atoms with Crippen LogP contribution in [0.2, 0.25) is 5.02 Å². The topological polar surface area (TPSA) is 124 Å². The van der Waals surface area contributed by atoms with Gasteiger partial charge in [-0.15, -0.1) is 0 Å². The first kappa shape index (κ1) is 20.5. The van der Waals surface area contributed by atoms with Crippen molar-refractivity contribution in [2.45, 2.75) is 22.8 Å². The summed E-state index contributed by atoms with van der Waals surface area (Å²) in [6.45, 7) is -1.03. The van der Waals surface area contributed by atoms with Crippen LogP contribution in [0.1, 0.15) is 22.5 Å². The smallest absolute Gasteiger partial charge is 0.310 e. The molecule has 2 aromatic rings. The number of aliphatic imine (C=N–C) groups is 1. The number of fused-ring (bicyclic) bond motifs is 2. The first-order valence-electron chi connectivity index (χ1n) is 8.70. The molecule has 12 heteroatoms. The molecule has 1 amide bonds. The summed E-state index contributed by atoms with van der Waals surface area (Å²) in [6, 6.07) is 6.07. The predicted octanol–water partition coefficient (Wildman–Crippen LogP) is 2.34. The fourth-order valence-corrected chi connectivity index (χ4v) is 5.25. The van der Waals surface area contributed by atoms with E-state index in [0.717, 1.165) is 0 Å². The zero-order chi connectivity index (χ0) is 21.7. The molecule has 3 heterocycles. The molecular formula is C18H15ClF2N4O4S. The van der Waals surface area contributed by atoms with Gasteiger partial charge in [0, 0.05) is 17.4 Å². The van der Waals surface area contributed by atoms with Crippen LogP contribution in [0.5, 0.6) is 0 Å². The van der Waals surface area contributed by atoms with Crippen molar-refractivity contribution in [3.63, 3.8) is 0 Å². The average molecular weight is 457 g/mol. The second kappa shape index (κ2) is 6.88. The number of pyridine rings is 1. The number of carbonyl (C=O) groups is 1. The quantitative estimate of drug-likeness (QED) is 0.714. The van der Waals surface area contributed by atoms with Gasteiger partial charge in [-0.1, -0.05) is 11.6 Å². The first-order chi connectivity index (χ1) is 14.0. The second-order valence-electron chi connectivity index (χ2n) is 6.90. The number of anilines is 1. The van der Waals surface area contributed by atoms with Crippen LogP contribution in [0.15, 0.2) is 46.4 Å². The molecule has 1 spiro atoms. The predicted molar refractivity (Wildman–Crippen MR) is 105 cm³/mol. The number of benzene rings is 1. The number of nitrogens with zero attached hydrogens (tertiary/aromatic N) is 2. The molecule has 0 saturated carbocycles. The van der Waals surface area contributed by atoms with Crippen molar-refractivity contribution in [1.82, 2.24) is 4.98 Å². The van der Waals surface area contributed by atoms with Crippen LogP contribution in [0.3, 0.4) is 0 Å². The van der Waals surface area contributed by atoms with Crippen LogP contribution < -0.4 is 11.1 Å². The lowest BCUT2D eigenvalue weighted by Gasteiger charge is -2.43. The summed E-state index contributed by atoms with van der Waals surface area (Å²) in [7, 11) is -3.81. The SMILES string of the molecule is NC1=N[C@@]2(CCS(=O)(=O)c3ccc(NC(=O)c4ccc(Cl)cn4)cc32)C(F)(F)CO1. The molecule has 0 bridgehead atoms.